The normalized spacial score (nSPS) is 18.6. The van der Waals surface area contributed by atoms with Crippen molar-refractivity contribution in [2.45, 2.75) is 79.4 Å². The van der Waals surface area contributed by atoms with Crippen LogP contribution in [-0.2, 0) is 0 Å². The Bertz CT molecular complexity index is 640. The van der Waals surface area contributed by atoms with E-state index in [0.29, 0.717) is 19.6 Å². The van der Waals surface area contributed by atoms with Gasteiger partial charge in [-0.1, -0.05) is 19.6 Å². The zero-order chi connectivity index (χ0) is 27.0. The molecule has 1 unspecified atom stereocenters. The molecule has 0 aromatic carbocycles. The lowest BCUT2D eigenvalue weighted by Gasteiger charge is -2.48. The highest BCUT2D eigenvalue weighted by Crippen LogP contribution is 2.65. The number of hydrogen-bond donors (Lipinski definition) is 1. The van der Waals surface area contributed by atoms with Crippen LogP contribution in [0.4, 0.5) is 74.6 Å². The summed E-state index contributed by atoms with van der Waals surface area (Å²) in [6.07, 6.45) is -7.79. The van der Waals surface area contributed by atoms with E-state index in [0.717, 1.165) is 0 Å². The van der Waals surface area contributed by atoms with Crippen LogP contribution in [0, 0.1) is 0 Å². The molecule has 0 heterocycles. The fourth-order valence-corrected chi connectivity index (χ4v) is 3.04. The van der Waals surface area contributed by atoms with Crippen LogP contribution in [0.2, 0.25) is 19.6 Å². The number of aliphatic hydroxyl groups is 1. The Morgan fingerprint density at radius 2 is 0.594 bits per heavy atom. The van der Waals surface area contributed by atoms with Gasteiger partial charge in [-0.05, 0) is 6.92 Å². The van der Waals surface area contributed by atoms with E-state index in [1.165, 1.54) is 0 Å². The number of hydrogen-bond acceptors (Lipinski definition) is 1. The smallest absolute Gasteiger partial charge is 0.387 e. The molecule has 0 rings (SSSR count). The number of halogens is 17. The monoisotopic (exact) mass is 536 g/mol. The van der Waals surface area contributed by atoms with Crippen molar-refractivity contribution >= 4 is 8.07 Å². The van der Waals surface area contributed by atoms with E-state index in [-0.39, 0.29) is 6.92 Å². The average Bonchev–Trinajstić information content (AvgIpc) is 2.51. The Morgan fingerprint density at radius 1 is 0.406 bits per heavy atom. The van der Waals surface area contributed by atoms with Gasteiger partial charge >= 0.3 is 47.6 Å². The van der Waals surface area contributed by atoms with Crippen molar-refractivity contribution in [1.82, 2.24) is 0 Å². The van der Waals surface area contributed by atoms with Crippen molar-refractivity contribution in [3.8, 4) is 0 Å². The summed E-state index contributed by atoms with van der Waals surface area (Å²) in [7, 11) is -4.26. The Kier molecular flexibility index (Phi) is 7.01. The highest BCUT2D eigenvalue weighted by atomic mass is 28.3. The summed E-state index contributed by atoms with van der Waals surface area (Å²) < 4.78 is 224. The van der Waals surface area contributed by atoms with Gasteiger partial charge in [0.15, 0.2) is 0 Å². The third kappa shape index (κ3) is 3.55. The van der Waals surface area contributed by atoms with Gasteiger partial charge in [0.25, 0.3) is 0 Å². The molecule has 1 nitrogen and oxygen atoms in total. The molecule has 0 aromatic heterocycles. The van der Waals surface area contributed by atoms with Crippen LogP contribution < -0.4 is 0 Å². The zero-order valence-corrected chi connectivity index (χ0v) is 16.9. The van der Waals surface area contributed by atoms with Crippen molar-refractivity contribution in [3.63, 3.8) is 0 Å². The Hall–Kier alpha value is -1.01. The highest BCUT2D eigenvalue weighted by molar-refractivity contribution is 6.79. The van der Waals surface area contributed by atoms with E-state index >= 15 is 0 Å². The summed E-state index contributed by atoms with van der Waals surface area (Å²) in [5.74, 6) is -57.1. The van der Waals surface area contributed by atoms with Crippen LogP contribution >= 0.6 is 0 Å². The lowest BCUT2D eigenvalue weighted by Crippen LogP contribution is -2.78. The third-order valence-electron chi connectivity index (χ3n) is 4.79. The number of rotatable bonds is 8. The predicted molar refractivity (Wildman–Crippen MR) is 74.7 cm³/mol. The quantitative estimate of drug-likeness (QED) is 0.273. The summed E-state index contributed by atoms with van der Waals surface area (Å²) in [4.78, 5) is 0. The molecule has 0 bridgehead atoms. The fourth-order valence-electron chi connectivity index (χ4n) is 1.94. The van der Waals surface area contributed by atoms with Crippen LogP contribution in [0.5, 0.6) is 0 Å². The summed E-state index contributed by atoms with van der Waals surface area (Å²) >= 11 is 0. The van der Waals surface area contributed by atoms with Crippen LogP contribution in [0.3, 0.4) is 0 Å². The minimum absolute atomic E-state index is 0.300. The molecule has 0 spiro atoms. The fraction of sp³-hybridized carbons (Fsp3) is 1.00. The first kappa shape index (κ1) is 31.0. The minimum Gasteiger partial charge on any atom is -0.387 e. The van der Waals surface area contributed by atoms with Gasteiger partial charge in [0.1, 0.15) is 5.22 Å². The van der Waals surface area contributed by atoms with Gasteiger partial charge in [-0.2, -0.15) is 74.6 Å². The molecular weight excluding hydrogens is 523 g/mol. The van der Waals surface area contributed by atoms with Gasteiger partial charge in [-0.3, -0.25) is 0 Å². The Labute approximate surface area is 168 Å². The lowest BCUT2D eigenvalue weighted by molar-refractivity contribution is -0.465. The maximum atomic E-state index is 14.1. The van der Waals surface area contributed by atoms with E-state index in [1.54, 1.807) is 0 Å². The maximum Gasteiger partial charge on any atom is 0.460 e. The van der Waals surface area contributed by atoms with E-state index in [1.807, 2.05) is 0 Å². The largest absolute Gasteiger partial charge is 0.460 e. The lowest BCUT2D eigenvalue weighted by atomic mass is 9.87. The first-order valence-electron chi connectivity index (χ1n) is 7.69. The zero-order valence-electron chi connectivity index (χ0n) is 15.9. The topological polar surface area (TPSA) is 20.2 Å². The van der Waals surface area contributed by atoms with Gasteiger partial charge < -0.3 is 5.11 Å². The van der Waals surface area contributed by atoms with Gasteiger partial charge in [0.05, 0.1) is 8.07 Å². The van der Waals surface area contributed by atoms with Gasteiger partial charge in [0, 0.05) is 0 Å². The third-order valence-corrected chi connectivity index (χ3v) is 8.03. The molecule has 0 aliphatic carbocycles. The van der Waals surface area contributed by atoms with Crippen LogP contribution in [0.1, 0.15) is 6.92 Å². The molecule has 0 aromatic rings. The van der Waals surface area contributed by atoms with Crippen molar-refractivity contribution in [2.75, 3.05) is 0 Å². The van der Waals surface area contributed by atoms with E-state index in [2.05, 4.69) is 0 Å². The standard InChI is InChI=1S/C13H13F17OSi/c1-5(31,32(2,3)4)6(14,15)7(16,17)8(18,19)9(20,21)10(22,23)11(24,25)12(26,27)13(28,29)30/h31H,1-4H3. The molecule has 0 fully saturated rings. The van der Waals surface area contributed by atoms with E-state index in [9.17, 15) is 79.7 Å². The SMILES string of the molecule is CC(O)(C(F)(F)C(F)(F)C(F)(F)C(F)(F)C(F)(F)C(F)(F)C(F)(F)C(F)(F)F)[Si](C)(C)C. The molecule has 1 N–H and O–H groups in total. The molecule has 0 aliphatic rings. The van der Waals surface area contributed by atoms with Crippen molar-refractivity contribution < 1.29 is 79.7 Å². The van der Waals surface area contributed by atoms with Crippen LogP contribution in [0.15, 0.2) is 0 Å². The van der Waals surface area contributed by atoms with Crippen molar-refractivity contribution in [1.29, 1.82) is 0 Å². The van der Waals surface area contributed by atoms with Crippen molar-refractivity contribution in [2.24, 2.45) is 0 Å². The van der Waals surface area contributed by atoms with E-state index in [4.69, 9.17) is 0 Å². The predicted octanol–water partition coefficient (Wildman–Crippen LogP) is 6.62. The second-order valence-electron chi connectivity index (χ2n) is 7.84. The van der Waals surface area contributed by atoms with Gasteiger partial charge in [-0.15, -0.1) is 0 Å². The first-order chi connectivity index (χ1) is 13.2. The molecule has 0 saturated carbocycles. The maximum absolute atomic E-state index is 14.1. The molecular formula is C13H13F17OSi. The molecule has 1 atom stereocenters. The van der Waals surface area contributed by atoms with E-state index < -0.39 is 60.9 Å². The summed E-state index contributed by atoms with van der Waals surface area (Å²) in [5, 5.41) is 5.24. The summed E-state index contributed by atoms with van der Waals surface area (Å²) in [6.45, 7) is 1.41. The molecule has 0 aliphatic heterocycles. The Balaban J connectivity index is 7.00. The highest BCUT2D eigenvalue weighted by Gasteiger charge is 2.96. The number of alkyl halides is 17. The van der Waals surface area contributed by atoms with Gasteiger partial charge in [-0.25, -0.2) is 0 Å². The second kappa shape index (κ2) is 7.24. The molecule has 32 heavy (non-hydrogen) atoms. The first-order valence-corrected chi connectivity index (χ1v) is 11.2. The van der Waals surface area contributed by atoms with Crippen molar-refractivity contribution in [3.05, 3.63) is 0 Å². The summed E-state index contributed by atoms with van der Waals surface area (Å²) in [5.41, 5.74) is 0. The molecule has 0 radical (unpaired) electrons. The van der Waals surface area contributed by atoms with Gasteiger partial charge in [0.2, 0.25) is 0 Å². The average molecular weight is 536 g/mol. The Morgan fingerprint density at radius 3 is 0.781 bits per heavy atom. The molecule has 194 valence electrons. The van der Waals surface area contributed by atoms with Crippen LogP contribution in [-0.4, -0.2) is 66.0 Å². The molecule has 0 saturated heterocycles. The second-order valence-corrected chi connectivity index (χ2v) is 13.3. The van der Waals surface area contributed by atoms with Crippen LogP contribution in [0.25, 0.3) is 0 Å². The summed E-state index contributed by atoms with van der Waals surface area (Å²) in [6, 6.07) is 0. The molecule has 19 heteroatoms. The minimum atomic E-state index is -8.67. The molecule has 0 amide bonds.